The molecule has 1 aromatic carbocycles. The van der Waals surface area contributed by atoms with E-state index in [1.165, 1.54) is 0 Å². The van der Waals surface area contributed by atoms with Crippen molar-refractivity contribution in [2.24, 2.45) is 0 Å². The van der Waals surface area contributed by atoms with Crippen LogP contribution in [0.15, 0.2) is 18.2 Å². The smallest absolute Gasteiger partial charge is 0.320 e. The number of rotatable bonds is 9. The molecule has 1 aromatic rings. The minimum absolute atomic E-state index is 0.114. The van der Waals surface area contributed by atoms with Gasteiger partial charge in [0.2, 0.25) is 0 Å². The van der Waals surface area contributed by atoms with E-state index < -0.39 is 0 Å². The third-order valence-corrected chi connectivity index (χ3v) is 4.46. The first-order chi connectivity index (χ1) is 12.2. The second-order valence-electron chi connectivity index (χ2n) is 6.30. The monoisotopic (exact) mass is 350 g/mol. The molecule has 0 spiro atoms. The number of hydrogen-bond donors (Lipinski definition) is 0. The minimum atomic E-state index is -0.114. The van der Waals surface area contributed by atoms with E-state index >= 15 is 0 Å². The van der Waals surface area contributed by atoms with Gasteiger partial charge in [0.1, 0.15) is 11.5 Å². The zero-order chi connectivity index (χ0) is 18.1. The molecule has 140 valence electrons. The van der Waals surface area contributed by atoms with Crippen molar-refractivity contribution < 1.29 is 19.0 Å². The first kappa shape index (κ1) is 19.5. The maximum atomic E-state index is 11.8. The number of unbranched alkanes of at least 4 members (excludes halogenated alkanes) is 1. The van der Waals surface area contributed by atoms with Crippen molar-refractivity contribution in [1.82, 2.24) is 9.80 Å². The molecule has 0 radical (unpaired) electrons. The van der Waals surface area contributed by atoms with Crippen LogP contribution in [0.1, 0.15) is 25.3 Å². The molecule has 1 heterocycles. The van der Waals surface area contributed by atoms with Gasteiger partial charge in [-0.25, -0.2) is 0 Å². The summed E-state index contributed by atoms with van der Waals surface area (Å²) in [6.45, 7) is 7.40. The number of methoxy groups -OCH3 is 2. The van der Waals surface area contributed by atoms with E-state index in [2.05, 4.69) is 16.7 Å². The molecule has 0 amide bonds. The molecule has 0 bridgehead atoms. The Morgan fingerprint density at radius 3 is 2.44 bits per heavy atom. The molecule has 0 saturated carbocycles. The van der Waals surface area contributed by atoms with Crippen LogP contribution in [0.5, 0.6) is 11.5 Å². The van der Waals surface area contributed by atoms with E-state index in [0.717, 1.165) is 62.6 Å². The van der Waals surface area contributed by atoms with Gasteiger partial charge in [-0.05, 0) is 24.6 Å². The largest absolute Gasteiger partial charge is 0.497 e. The van der Waals surface area contributed by atoms with E-state index in [1.807, 2.05) is 18.2 Å². The molecule has 1 saturated heterocycles. The SMILES string of the molecule is CCCCOC(=O)CN1CCN(Cc2cc(OC)ccc2OC)CC1. The Morgan fingerprint density at radius 2 is 1.80 bits per heavy atom. The second kappa shape index (κ2) is 10.3. The number of ether oxygens (including phenoxy) is 3. The highest BCUT2D eigenvalue weighted by Gasteiger charge is 2.20. The average Bonchev–Trinajstić information content (AvgIpc) is 2.63. The fourth-order valence-electron chi connectivity index (χ4n) is 2.91. The maximum Gasteiger partial charge on any atom is 0.320 e. The van der Waals surface area contributed by atoms with Gasteiger partial charge >= 0.3 is 5.97 Å². The average molecular weight is 350 g/mol. The highest BCUT2D eigenvalue weighted by Crippen LogP contribution is 2.25. The summed E-state index contributed by atoms with van der Waals surface area (Å²) < 4.78 is 16.0. The van der Waals surface area contributed by atoms with Gasteiger partial charge in [-0.1, -0.05) is 13.3 Å². The summed E-state index contributed by atoms with van der Waals surface area (Å²) in [6.07, 6.45) is 1.97. The standard InChI is InChI=1S/C19H30N2O4/c1-4-5-12-25-19(22)15-21-10-8-20(9-11-21)14-16-13-17(23-2)6-7-18(16)24-3/h6-7,13H,4-5,8-12,14-15H2,1-3H3. The quantitative estimate of drug-likeness (QED) is 0.503. The third kappa shape index (κ3) is 6.21. The van der Waals surface area contributed by atoms with E-state index in [1.54, 1.807) is 14.2 Å². The molecule has 0 atom stereocenters. The molecule has 0 aromatic heterocycles. The highest BCUT2D eigenvalue weighted by molar-refractivity contribution is 5.71. The van der Waals surface area contributed by atoms with Gasteiger partial charge < -0.3 is 14.2 Å². The van der Waals surface area contributed by atoms with E-state index in [9.17, 15) is 4.79 Å². The van der Waals surface area contributed by atoms with Crippen molar-refractivity contribution in [2.75, 3.05) is 53.6 Å². The lowest BCUT2D eigenvalue weighted by Crippen LogP contribution is -2.47. The van der Waals surface area contributed by atoms with Gasteiger partial charge in [0, 0.05) is 38.3 Å². The first-order valence-corrected chi connectivity index (χ1v) is 8.97. The summed E-state index contributed by atoms with van der Waals surface area (Å²) in [4.78, 5) is 16.3. The number of piperazine rings is 1. The summed E-state index contributed by atoms with van der Waals surface area (Å²) >= 11 is 0. The molecule has 1 aliphatic heterocycles. The van der Waals surface area contributed by atoms with Crippen LogP contribution < -0.4 is 9.47 Å². The third-order valence-electron chi connectivity index (χ3n) is 4.46. The maximum absolute atomic E-state index is 11.8. The summed E-state index contributed by atoms with van der Waals surface area (Å²) in [5.74, 6) is 1.60. The topological polar surface area (TPSA) is 51.2 Å². The number of nitrogens with zero attached hydrogens (tertiary/aromatic N) is 2. The van der Waals surface area contributed by atoms with E-state index in [0.29, 0.717) is 13.2 Å². The molecule has 6 nitrogen and oxygen atoms in total. The van der Waals surface area contributed by atoms with E-state index in [4.69, 9.17) is 14.2 Å². The number of esters is 1. The second-order valence-corrected chi connectivity index (χ2v) is 6.30. The molecule has 2 rings (SSSR count). The Kier molecular flexibility index (Phi) is 8.01. The molecular formula is C19H30N2O4. The van der Waals surface area contributed by atoms with Crippen LogP contribution in [0.3, 0.4) is 0 Å². The minimum Gasteiger partial charge on any atom is -0.497 e. The van der Waals surface area contributed by atoms with Crippen molar-refractivity contribution in [2.45, 2.75) is 26.3 Å². The van der Waals surface area contributed by atoms with Crippen LogP contribution in [-0.4, -0.2) is 69.3 Å². The van der Waals surface area contributed by atoms with Crippen LogP contribution in [0.4, 0.5) is 0 Å². The van der Waals surface area contributed by atoms with Gasteiger partial charge in [0.15, 0.2) is 0 Å². The Morgan fingerprint density at radius 1 is 1.08 bits per heavy atom. The zero-order valence-electron chi connectivity index (χ0n) is 15.6. The van der Waals surface area contributed by atoms with Gasteiger partial charge in [-0.15, -0.1) is 0 Å². The molecule has 0 N–H and O–H groups in total. The molecule has 0 unspecified atom stereocenters. The predicted molar refractivity (Wildman–Crippen MR) is 97.1 cm³/mol. The molecular weight excluding hydrogens is 320 g/mol. The van der Waals surface area contributed by atoms with Crippen molar-refractivity contribution in [3.63, 3.8) is 0 Å². The summed E-state index contributed by atoms with van der Waals surface area (Å²) in [5, 5.41) is 0. The molecule has 25 heavy (non-hydrogen) atoms. The lowest BCUT2D eigenvalue weighted by atomic mass is 10.1. The molecule has 0 aliphatic carbocycles. The number of carbonyl (C=O) groups excluding carboxylic acids is 1. The Balaban J connectivity index is 1.79. The Hall–Kier alpha value is -1.79. The van der Waals surface area contributed by atoms with Crippen molar-refractivity contribution in [3.05, 3.63) is 23.8 Å². The van der Waals surface area contributed by atoms with Crippen molar-refractivity contribution in [3.8, 4) is 11.5 Å². The summed E-state index contributed by atoms with van der Waals surface area (Å²) in [5.41, 5.74) is 1.12. The van der Waals surface area contributed by atoms with Crippen LogP contribution >= 0.6 is 0 Å². The molecule has 1 fully saturated rings. The highest BCUT2D eigenvalue weighted by atomic mass is 16.5. The van der Waals surface area contributed by atoms with Crippen LogP contribution in [0, 0.1) is 0 Å². The van der Waals surface area contributed by atoms with Gasteiger partial charge in [-0.2, -0.15) is 0 Å². The fourth-order valence-corrected chi connectivity index (χ4v) is 2.91. The fraction of sp³-hybridized carbons (Fsp3) is 0.632. The van der Waals surface area contributed by atoms with Crippen molar-refractivity contribution >= 4 is 5.97 Å². The van der Waals surface area contributed by atoms with Crippen LogP contribution in [-0.2, 0) is 16.1 Å². The first-order valence-electron chi connectivity index (χ1n) is 8.97. The van der Waals surface area contributed by atoms with Gasteiger partial charge in [-0.3, -0.25) is 14.6 Å². The number of hydrogen-bond acceptors (Lipinski definition) is 6. The summed E-state index contributed by atoms with van der Waals surface area (Å²) in [6, 6.07) is 5.87. The lowest BCUT2D eigenvalue weighted by molar-refractivity contribution is -0.145. The number of carbonyl (C=O) groups is 1. The number of benzene rings is 1. The molecule has 1 aliphatic rings. The van der Waals surface area contributed by atoms with E-state index in [-0.39, 0.29) is 5.97 Å². The lowest BCUT2D eigenvalue weighted by Gasteiger charge is -2.34. The molecule has 6 heteroatoms. The normalized spacial score (nSPS) is 15.8. The van der Waals surface area contributed by atoms with Crippen LogP contribution in [0.25, 0.3) is 0 Å². The Labute approximate surface area is 150 Å². The zero-order valence-corrected chi connectivity index (χ0v) is 15.6. The van der Waals surface area contributed by atoms with Gasteiger partial charge in [0.25, 0.3) is 0 Å². The van der Waals surface area contributed by atoms with Crippen LogP contribution in [0.2, 0.25) is 0 Å². The summed E-state index contributed by atoms with van der Waals surface area (Å²) in [7, 11) is 3.36. The predicted octanol–water partition coefficient (Wildman–Crippen LogP) is 2.16. The Bertz CT molecular complexity index is 542. The van der Waals surface area contributed by atoms with Gasteiger partial charge in [0.05, 0.1) is 27.4 Å². The van der Waals surface area contributed by atoms with Crippen molar-refractivity contribution in [1.29, 1.82) is 0 Å².